The fourth-order valence-electron chi connectivity index (χ4n) is 11.3. The third-order valence-corrected chi connectivity index (χ3v) is 14.2. The second-order valence-corrected chi connectivity index (χ2v) is 17.8. The number of rotatable bonds is 6. The first-order valence-electron chi connectivity index (χ1n) is 23.2. The van der Waals surface area contributed by atoms with Gasteiger partial charge in [0, 0.05) is 27.5 Å². The van der Waals surface area contributed by atoms with Gasteiger partial charge in [-0.2, -0.15) is 0 Å². The molecule has 14 rings (SSSR count). The topological polar surface area (TPSA) is 51.8 Å². The van der Waals surface area contributed by atoms with Crippen molar-refractivity contribution in [1.82, 2.24) is 15.0 Å². The van der Waals surface area contributed by atoms with E-state index in [1.807, 2.05) is 24.3 Å². The Morgan fingerprint density at radius 2 is 0.735 bits per heavy atom. The Morgan fingerprint density at radius 1 is 0.279 bits per heavy atom. The Hall–Kier alpha value is -8.99. The molecule has 2 aliphatic carbocycles. The Kier molecular flexibility index (Phi) is 8.46. The summed E-state index contributed by atoms with van der Waals surface area (Å²) >= 11 is 0. The van der Waals surface area contributed by atoms with E-state index in [9.17, 15) is 0 Å². The van der Waals surface area contributed by atoms with Crippen molar-refractivity contribution in [2.75, 3.05) is 0 Å². The van der Waals surface area contributed by atoms with E-state index in [1.54, 1.807) is 0 Å². The fourth-order valence-corrected chi connectivity index (χ4v) is 11.3. The number of hydrogen-bond acceptors (Lipinski definition) is 4. The molecule has 2 aliphatic rings. The van der Waals surface area contributed by atoms with Gasteiger partial charge in [0.2, 0.25) is 0 Å². The molecule has 68 heavy (non-hydrogen) atoms. The number of benzene rings is 10. The second-order valence-electron chi connectivity index (χ2n) is 17.8. The first-order valence-corrected chi connectivity index (χ1v) is 23.2. The Morgan fingerprint density at radius 3 is 1.41 bits per heavy atom. The third kappa shape index (κ3) is 5.64. The van der Waals surface area contributed by atoms with E-state index in [-0.39, 0.29) is 0 Å². The van der Waals surface area contributed by atoms with Crippen LogP contribution in [0.5, 0.6) is 0 Å². The van der Waals surface area contributed by atoms with Gasteiger partial charge in [0.15, 0.2) is 17.5 Å². The van der Waals surface area contributed by atoms with Gasteiger partial charge in [-0.1, -0.05) is 218 Å². The Bertz CT molecular complexity index is 3900. The van der Waals surface area contributed by atoms with E-state index in [0.29, 0.717) is 17.5 Å². The highest BCUT2D eigenvalue weighted by Gasteiger charge is 2.52. The maximum absolute atomic E-state index is 6.73. The van der Waals surface area contributed by atoms with Crippen LogP contribution in [0.3, 0.4) is 0 Å². The summed E-state index contributed by atoms with van der Waals surface area (Å²) in [6.07, 6.45) is 0. The summed E-state index contributed by atoms with van der Waals surface area (Å²) in [5.74, 6) is 1.77. The van der Waals surface area contributed by atoms with Crippen LogP contribution in [0.15, 0.2) is 241 Å². The highest BCUT2D eigenvalue weighted by atomic mass is 16.3. The summed E-state index contributed by atoms with van der Waals surface area (Å²) in [6.45, 7) is 0. The van der Waals surface area contributed by atoms with Crippen LogP contribution in [0.2, 0.25) is 0 Å². The molecule has 0 unspecified atom stereocenters. The van der Waals surface area contributed by atoms with Crippen molar-refractivity contribution in [1.29, 1.82) is 0 Å². The predicted molar refractivity (Wildman–Crippen MR) is 276 cm³/mol. The van der Waals surface area contributed by atoms with Crippen molar-refractivity contribution in [3.05, 3.63) is 259 Å². The normalized spacial score (nSPS) is 12.8. The minimum absolute atomic E-state index is 0.485. The molecule has 0 amide bonds. The molecule has 0 radical (unpaired) electrons. The summed E-state index contributed by atoms with van der Waals surface area (Å²) in [7, 11) is 0. The number of nitrogens with zero attached hydrogens (tertiary/aromatic N) is 3. The quantitative estimate of drug-likeness (QED) is 0.167. The SMILES string of the molecule is c1ccc(-c2ccc(-c3nc(-c4ccccc4-c4ccccc4)nc(-c4cccc5oc6ccc(-c7cccc8c7C7(c9ccccc9-c9ccccc97)c7ccccc7-8)cc6c45)n3)cc2)cc1. The van der Waals surface area contributed by atoms with Gasteiger partial charge in [-0.25, -0.2) is 15.0 Å². The fraction of sp³-hybridized carbons (Fsp3) is 0.0156. The monoisotopic (exact) mass is 865 g/mol. The molecule has 2 aromatic heterocycles. The van der Waals surface area contributed by atoms with Gasteiger partial charge in [0.1, 0.15) is 11.2 Å². The molecule has 10 aromatic carbocycles. The first-order chi connectivity index (χ1) is 33.7. The molecule has 0 saturated heterocycles. The van der Waals surface area contributed by atoms with Crippen LogP contribution >= 0.6 is 0 Å². The van der Waals surface area contributed by atoms with Gasteiger partial charge in [-0.05, 0) is 96.1 Å². The van der Waals surface area contributed by atoms with Crippen LogP contribution in [-0.4, -0.2) is 15.0 Å². The molecule has 0 saturated carbocycles. The zero-order valence-electron chi connectivity index (χ0n) is 36.8. The van der Waals surface area contributed by atoms with Gasteiger partial charge in [0.25, 0.3) is 0 Å². The molecule has 2 heterocycles. The van der Waals surface area contributed by atoms with E-state index >= 15 is 0 Å². The maximum atomic E-state index is 6.73. The highest BCUT2D eigenvalue weighted by Crippen LogP contribution is 2.64. The lowest BCUT2D eigenvalue weighted by atomic mass is 9.68. The number of aromatic nitrogens is 3. The van der Waals surface area contributed by atoms with Crippen LogP contribution in [-0.2, 0) is 5.41 Å². The van der Waals surface area contributed by atoms with Crippen molar-refractivity contribution in [2.24, 2.45) is 0 Å². The number of furan rings is 1. The summed E-state index contributed by atoms with van der Waals surface area (Å²) in [5, 5.41) is 1.97. The molecule has 0 fully saturated rings. The molecule has 0 N–H and O–H groups in total. The van der Waals surface area contributed by atoms with E-state index < -0.39 is 5.41 Å². The van der Waals surface area contributed by atoms with Gasteiger partial charge < -0.3 is 4.42 Å². The van der Waals surface area contributed by atoms with Crippen molar-refractivity contribution >= 4 is 21.9 Å². The smallest absolute Gasteiger partial charge is 0.164 e. The molecule has 4 nitrogen and oxygen atoms in total. The summed E-state index contributed by atoms with van der Waals surface area (Å²) in [5.41, 5.74) is 20.9. The minimum Gasteiger partial charge on any atom is -0.456 e. The second kappa shape index (κ2) is 15.0. The molecule has 0 atom stereocenters. The van der Waals surface area contributed by atoms with Gasteiger partial charge >= 0.3 is 0 Å². The molecular formula is C64H39N3O. The zero-order valence-corrected chi connectivity index (χ0v) is 36.8. The van der Waals surface area contributed by atoms with Crippen LogP contribution < -0.4 is 0 Å². The lowest BCUT2D eigenvalue weighted by Crippen LogP contribution is -2.26. The van der Waals surface area contributed by atoms with Gasteiger partial charge in [-0.3, -0.25) is 0 Å². The lowest BCUT2D eigenvalue weighted by Gasteiger charge is -2.32. The number of hydrogen-bond donors (Lipinski definition) is 0. The van der Waals surface area contributed by atoms with E-state index in [0.717, 1.165) is 66.4 Å². The highest BCUT2D eigenvalue weighted by molar-refractivity contribution is 6.13. The van der Waals surface area contributed by atoms with E-state index in [1.165, 1.54) is 50.1 Å². The van der Waals surface area contributed by atoms with Crippen molar-refractivity contribution in [2.45, 2.75) is 5.41 Å². The standard InChI is InChI=1S/C64H39N3O/c1-3-17-40(18-4-1)41-33-35-43(36-34-41)61-65-62(51-25-8-7-21-45(51)42-19-5-2-6-20-42)67-63(66-61)52-28-16-32-58-59(52)53-39-44(37-38-57(53)68-58)46-26-15-27-50-49-24-11-14-31-56(49)64(60(46)50)54-29-12-9-22-47(54)48-23-10-13-30-55(48)64/h1-39H. The Balaban J connectivity index is 0.983. The van der Waals surface area contributed by atoms with E-state index in [2.05, 4.69) is 212 Å². The van der Waals surface area contributed by atoms with Crippen molar-refractivity contribution < 1.29 is 4.42 Å². The van der Waals surface area contributed by atoms with Crippen molar-refractivity contribution in [3.63, 3.8) is 0 Å². The molecule has 0 aliphatic heterocycles. The van der Waals surface area contributed by atoms with Gasteiger partial charge in [0.05, 0.1) is 5.41 Å². The molecule has 0 bridgehead atoms. The number of fused-ring (bicyclic) bond motifs is 13. The molecule has 4 heteroatoms. The average Bonchev–Trinajstić information content (AvgIpc) is 4.05. The van der Waals surface area contributed by atoms with Crippen molar-refractivity contribution in [3.8, 4) is 89.8 Å². The summed E-state index contributed by atoms with van der Waals surface area (Å²) in [4.78, 5) is 15.9. The maximum Gasteiger partial charge on any atom is 0.164 e. The predicted octanol–water partition coefficient (Wildman–Crippen LogP) is 16.1. The largest absolute Gasteiger partial charge is 0.456 e. The Labute approximate surface area is 393 Å². The zero-order chi connectivity index (χ0) is 44.8. The average molecular weight is 866 g/mol. The van der Waals surface area contributed by atoms with Crippen LogP contribution in [0, 0.1) is 0 Å². The first kappa shape index (κ1) is 38.3. The minimum atomic E-state index is -0.485. The third-order valence-electron chi connectivity index (χ3n) is 14.2. The lowest BCUT2D eigenvalue weighted by molar-refractivity contribution is 0.669. The van der Waals surface area contributed by atoms with E-state index in [4.69, 9.17) is 19.4 Å². The molecular weight excluding hydrogens is 827 g/mol. The summed E-state index contributed by atoms with van der Waals surface area (Å²) < 4.78 is 6.73. The van der Waals surface area contributed by atoms with Gasteiger partial charge in [-0.15, -0.1) is 0 Å². The summed E-state index contributed by atoms with van der Waals surface area (Å²) in [6, 6.07) is 84.4. The van der Waals surface area contributed by atoms with Crippen LogP contribution in [0.4, 0.5) is 0 Å². The van der Waals surface area contributed by atoms with Crippen LogP contribution in [0.25, 0.3) is 112 Å². The molecule has 12 aromatic rings. The molecule has 316 valence electrons. The van der Waals surface area contributed by atoms with Crippen LogP contribution in [0.1, 0.15) is 22.3 Å². The molecule has 1 spiro atoms.